The molecule has 3 nitrogen and oxygen atoms in total. The van der Waals surface area contributed by atoms with Gasteiger partial charge in [-0.15, -0.1) is 0 Å². The van der Waals surface area contributed by atoms with E-state index in [0.717, 1.165) is 23.5 Å². The molecule has 0 aliphatic carbocycles. The molecule has 5 heteroatoms. The lowest BCUT2D eigenvalue weighted by Crippen LogP contribution is -2.19. The molecule has 1 aromatic carbocycles. The van der Waals surface area contributed by atoms with Gasteiger partial charge in [-0.25, -0.2) is 4.39 Å². The molecule has 1 aromatic heterocycles. The molecule has 21 heavy (non-hydrogen) atoms. The summed E-state index contributed by atoms with van der Waals surface area (Å²) in [4.78, 5) is 6.66. The maximum Gasteiger partial charge on any atom is 0.133 e. The van der Waals surface area contributed by atoms with Crippen LogP contribution in [0.15, 0.2) is 36.4 Å². The maximum absolute atomic E-state index is 13.6. The molecule has 0 aliphatic rings. The number of rotatable bonds is 5. The highest BCUT2D eigenvalue weighted by Crippen LogP contribution is 2.13. The lowest BCUT2D eigenvalue weighted by molar-refractivity contribution is 0.315. The Morgan fingerprint density at radius 3 is 2.71 bits per heavy atom. The molecule has 0 radical (unpaired) electrons. The summed E-state index contributed by atoms with van der Waals surface area (Å²) in [6.45, 7) is 3.37. The highest BCUT2D eigenvalue weighted by atomic mass is 32.1. The first-order chi connectivity index (χ1) is 9.95. The summed E-state index contributed by atoms with van der Waals surface area (Å²) in [5.41, 5.74) is 8.79. The fourth-order valence-electron chi connectivity index (χ4n) is 2.19. The molecular formula is C16H18FN3S. The third-order valence-electron chi connectivity index (χ3n) is 3.13. The van der Waals surface area contributed by atoms with Gasteiger partial charge in [0.25, 0.3) is 0 Å². The van der Waals surface area contributed by atoms with E-state index >= 15 is 0 Å². The van der Waals surface area contributed by atoms with E-state index in [1.54, 1.807) is 12.1 Å². The summed E-state index contributed by atoms with van der Waals surface area (Å²) >= 11 is 4.86. The van der Waals surface area contributed by atoms with E-state index in [9.17, 15) is 4.39 Å². The van der Waals surface area contributed by atoms with Crippen LogP contribution >= 0.6 is 12.2 Å². The first-order valence-corrected chi connectivity index (χ1v) is 7.06. The van der Waals surface area contributed by atoms with E-state index in [2.05, 4.69) is 9.88 Å². The van der Waals surface area contributed by atoms with Crippen LogP contribution in [0.2, 0.25) is 0 Å². The molecule has 0 bridgehead atoms. The minimum absolute atomic E-state index is 0.0809. The molecule has 0 unspecified atom stereocenters. The van der Waals surface area contributed by atoms with Crippen molar-refractivity contribution in [1.82, 2.24) is 9.88 Å². The lowest BCUT2D eigenvalue weighted by atomic mass is 10.1. The second-order valence-electron chi connectivity index (χ2n) is 5.12. The second-order valence-corrected chi connectivity index (χ2v) is 5.56. The van der Waals surface area contributed by atoms with E-state index in [-0.39, 0.29) is 10.8 Å². The summed E-state index contributed by atoms with van der Waals surface area (Å²) in [5.74, 6) is -0.380. The second kappa shape index (κ2) is 6.74. The Kier molecular flexibility index (Phi) is 4.98. The topological polar surface area (TPSA) is 42.1 Å². The molecule has 2 aromatic rings. The molecule has 1 heterocycles. The van der Waals surface area contributed by atoms with E-state index < -0.39 is 0 Å². The number of pyridine rings is 1. The van der Waals surface area contributed by atoms with Crippen molar-refractivity contribution in [2.45, 2.75) is 20.0 Å². The van der Waals surface area contributed by atoms with Gasteiger partial charge in [0.05, 0.1) is 5.69 Å². The Labute approximate surface area is 129 Å². The van der Waals surface area contributed by atoms with Crippen LogP contribution in [0, 0.1) is 12.7 Å². The predicted octanol–water partition coefficient (Wildman–Crippen LogP) is 2.80. The Morgan fingerprint density at radius 2 is 2.05 bits per heavy atom. The minimum atomic E-state index is -0.380. The fraction of sp³-hybridized carbons (Fsp3) is 0.250. The van der Waals surface area contributed by atoms with Gasteiger partial charge in [0.1, 0.15) is 10.8 Å². The molecule has 0 aliphatic heterocycles. The molecule has 0 spiro atoms. The zero-order valence-electron chi connectivity index (χ0n) is 12.1. The molecule has 2 rings (SSSR count). The average molecular weight is 303 g/mol. The van der Waals surface area contributed by atoms with Crippen LogP contribution in [0.25, 0.3) is 0 Å². The molecule has 110 valence electrons. The number of hydrogen-bond acceptors (Lipinski definition) is 3. The van der Waals surface area contributed by atoms with Crippen molar-refractivity contribution in [2.75, 3.05) is 7.05 Å². The summed E-state index contributed by atoms with van der Waals surface area (Å²) in [7, 11) is 1.99. The van der Waals surface area contributed by atoms with Crippen LogP contribution in [0.1, 0.15) is 22.5 Å². The van der Waals surface area contributed by atoms with Gasteiger partial charge < -0.3 is 5.73 Å². The van der Waals surface area contributed by atoms with Crippen LogP contribution in [0.3, 0.4) is 0 Å². The van der Waals surface area contributed by atoms with E-state index in [0.29, 0.717) is 12.1 Å². The quantitative estimate of drug-likeness (QED) is 0.863. The van der Waals surface area contributed by atoms with Gasteiger partial charge in [0.15, 0.2) is 0 Å². The van der Waals surface area contributed by atoms with Crippen molar-refractivity contribution < 1.29 is 4.39 Å². The van der Waals surface area contributed by atoms with Gasteiger partial charge in [0.2, 0.25) is 0 Å². The minimum Gasteiger partial charge on any atom is -0.389 e. The van der Waals surface area contributed by atoms with Crippen LogP contribution < -0.4 is 5.73 Å². The van der Waals surface area contributed by atoms with Gasteiger partial charge in [-0.3, -0.25) is 9.88 Å². The molecular weight excluding hydrogens is 285 g/mol. The Balaban J connectivity index is 2.07. The monoisotopic (exact) mass is 303 g/mol. The third-order valence-corrected chi connectivity index (χ3v) is 3.35. The van der Waals surface area contributed by atoms with Crippen molar-refractivity contribution in [3.8, 4) is 0 Å². The standard InChI is InChI=1S/C16H18FN3S/c1-11-4-3-5-13(19-11)10-20(2)9-12-6-7-15(17)14(8-12)16(18)21/h3-8H,9-10H2,1-2H3,(H2,18,21). The summed E-state index contributed by atoms with van der Waals surface area (Å²) in [6, 6.07) is 10.8. The Hall–Kier alpha value is -1.85. The first-order valence-electron chi connectivity index (χ1n) is 6.65. The van der Waals surface area contributed by atoms with Crippen LogP contribution in [-0.2, 0) is 13.1 Å². The van der Waals surface area contributed by atoms with Crippen molar-refractivity contribution >= 4 is 17.2 Å². The summed E-state index contributed by atoms with van der Waals surface area (Å²) in [6.07, 6.45) is 0. The molecule has 0 fully saturated rings. The van der Waals surface area contributed by atoms with Gasteiger partial charge in [-0.05, 0) is 43.8 Å². The number of thiocarbonyl (C=S) groups is 1. The molecule has 2 N–H and O–H groups in total. The SMILES string of the molecule is Cc1cccc(CN(C)Cc2ccc(F)c(C(N)=S)c2)n1. The van der Waals surface area contributed by atoms with E-state index in [1.165, 1.54) is 6.07 Å². The van der Waals surface area contributed by atoms with Crippen molar-refractivity contribution in [2.24, 2.45) is 5.73 Å². The van der Waals surface area contributed by atoms with Gasteiger partial charge in [-0.1, -0.05) is 24.4 Å². The van der Waals surface area contributed by atoms with Crippen molar-refractivity contribution in [1.29, 1.82) is 0 Å². The predicted molar refractivity (Wildman–Crippen MR) is 86.4 cm³/mol. The number of nitrogens with zero attached hydrogens (tertiary/aromatic N) is 2. The number of nitrogens with two attached hydrogens (primary N) is 1. The molecule has 0 saturated heterocycles. The maximum atomic E-state index is 13.6. The molecule has 0 atom stereocenters. The van der Waals surface area contributed by atoms with Gasteiger partial charge in [-0.2, -0.15) is 0 Å². The number of hydrogen-bond donors (Lipinski definition) is 1. The lowest BCUT2D eigenvalue weighted by Gasteiger charge is -2.17. The summed E-state index contributed by atoms with van der Waals surface area (Å²) in [5, 5.41) is 0. The van der Waals surface area contributed by atoms with E-state index in [4.69, 9.17) is 18.0 Å². The smallest absolute Gasteiger partial charge is 0.133 e. The van der Waals surface area contributed by atoms with Crippen LogP contribution in [0.5, 0.6) is 0 Å². The number of benzene rings is 1. The molecule has 0 amide bonds. The zero-order chi connectivity index (χ0) is 15.4. The fourth-order valence-corrected chi connectivity index (χ4v) is 2.35. The van der Waals surface area contributed by atoms with Crippen molar-refractivity contribution in [3.63, 3.8) is 0 Å². The third kappa shape index (κ3) is 4.31. The number of aryl methyl sites for hydroxylation is 1. The van der Waals surface area contributed by atoms with Crippen LogP contribution in [-0.4, -0.2) is 21.9 Å². The van der Waals surface area contributed by atoms with Crippen LogP contribution in [0.4, 0.5) is 4.39 Å². The highest BCUT2D eigenvalue weighted by Gasteiger charge is 2.08. The summed E-state index contributed by atoms with van der Waals surface area (Å²) < 4.78 is 13.6. The normalized spacial score (nSPS) is 10.9. The number of aromatic nitrogens is 1. The van der Waals surface area contributed by atoms with Gasteiger partial charge >= 0.3 is 0 Å². The average Bonchev–Trinajstić information content (AvgIpc) is 2.40. The number of halogens is 1. The Morgan fingerprint density at radius 1 is 1.29 bits per heavy atom. The first kappa shape index (κ1) is 15.5. The van der Waals surface area contributed by atoms with E-state index in [1.807, 2.05) is 32.2 Å². The molecule has 0 saturated carbocycles. The van der Waals surface area contributed by atoms with Crippen molar-refractivity contribution in [3.05, 3.63) is 64.7 Å². The Bertz CT molecular complexity index is 658. The van der Waals surface area contributed by atoms with Gasteiger partial charge in [0, 0.05) is 24.3 Å². The highest BCUT2D eigenvalue weighted by molar-refractivity contribution is 7.80. The largest absolute Gasteiger partial charge is 0.389 e. The zero-order valence-corrected chi connectivity index (χ0v) is 13.0.